The van der Waals surface area contributed by atoms with Crippen LogP contribution in [0.15, 0.2) is 59.5 Å². The predicted molar refractivity (Wildman–Crippen MR) is 103 cm³/mol. The lowest BCUT2D eigenvalue weighted by molar-refractivity contribution is 0.0684. The topological polar surface area (TPSA) is 54.5 Å². The Labute approximate surface area is 155 Å². The van der Waals surface area contributed by atoms with Crippen LogP contribution >= 0.6 is 0 Å². The number of benzene rings is 2. The van der Waals surface area contributed by atoms with Crippen molar-refractivity contribution in [2.75, 3.05) is 12.8 Å². The molecule has 0 spiro atoms. The second-order valence-corrected chi connectivity index (χ2v) is 8.99. The lowest BCUT2D eigenvalue weighted by Crippen LogP contribution is -2.40. The van der Waals surface area contributed by atoms with Gasteiger partial charge in [-0.25, -0.2) is 8.42 Å². The van der Waals surface area contributed by atoms with Crippen LogP contribution in [0.25, 0.3) is 0 Å². The van der Waals surface area contributed by atoms with Gasteiger partial charge in [-0.15, -0.1) is 0 Å². The largest absolute Gasteiger partial charge is 0.335 e. The summed E-state index contributed by atoms with van der Waals surface area (Å²) in [4.78, 5) is 15.3. The number of rotatable bonds is 6. The molecule has 5 heteroatoms. The van der Waals surface area contributed by atoms with Crippen molar-refractivity contribution < 1.29 is 13.2 Å². The van der Waals surface area contributed by atoms with Crippen LogP contribution in [0, 0.1) is 0 Å². The van der Waals surface area contributed by atoms with Gasteiger partial charge in [0.05, 0.1) is 4.90 Å². The van der Waals surface area contributed by atoms with Crippen molar-refractivity contribution in [3.8, 4) is 0 Å². The fourth-order valence-corrected chi connectivity index (χ4v) is 4.25. The van der Waals surface area contributed by atoms with E-state index in [9.17, 15) is 13.2 Å². The molecule has 0 aromatic heterocycles. The molecule has 0 atom stereocenters. The number of carbonyl (C=O) groups excluding carboxylic acids is 1. The van der Waals surface area contributed by atoms with Gasteiger partial charge in [0.1, 0.15) is 0 Å². The molecule has 0 radical (unpaired) electrons. The molecule has 2 aromatic carbocycles. The van der Waals surface area contributed by atoms with Gasteiger partial charge in [-0.2, -0.15) is 0 Å². The number of carbonyl (C=O) groups is 1. The number of nitrogens with zero attached hydrogens (tertiary/aromatic N) is 1. The molecular weight excluding hydrogens is 346 g/mol. The fraction of sp³-hybridized carbons (Fsp3) is 0.381. The van der Waals surface area contributed by atoms with Crippen molar-refractivity contribution in [1.82, 2.24) is 4.90 Å². The highest BCUT2D eigenvalue weighted by molar-refractivity contribution is 7.90. The van der Waals surface area contributed by atoms with Crippen molar-refractivity contribution in [2.24, 2.45) is 0 Å². The minimum absolute atomic E-state index is 0.0710. The minimum atomic E-state index is -3.33. The molecule has 1 aliphatic carbocycles. The lowest BCUT2D eigenvalue weighted by Gasteiger charge is -2.29. The summed E-state index contributed by atoms with van der Waals surface area (Å²) in [6, 6.07) is 16.8. The van der Waals surface area contributed by atoms with Crippen LogP contribution in [0.4, 0.5) is 0 Å². The van der Waals surface area contributed by atoms with Crippen molar-refractivity contribution in [3.63, 3.8) is 0 Å². The number of hydrogen-bond acceptors (Lipinski definition) is 3. The molecule has 0 aliphatic heterocycles. The van der Waals surface area contributed by atoms with E-state index in [1.807, 2.05) is 23.1 Å². The second-order valence-electron chi connectivity index (χ2n) is 6.97. The second kappa shape index (κ2) is 8.04. The molecule has 0 N–H and O–H groups in total. The molecule has 0 heterocycles. The van der Waals surface area contributed by atoms with E-state index < -0.39 is 9.84 Å². The Bertz CT molecular complexity index is 856. The number of sulfone groups is 1. The Morgan fingerprint density at radius 1 is 1.04 bits per heavy atom. The first-order chi connectivity index (χ1) is 12.4. The molecule has 26 heavy (non-hydrogen) atoms. The van der Waals surface area contributed by atoms with E-state index in [0.29, 0.717) is 12.1 Å². The third-order valence-corrected chi connectivity index (χ3v) is 6.13. The summed E-state index contributed by atoms with van der Waals surface area (Å²) in [5, 5.41) is 0. The average molecular weight is 372 g/mol. The summed E-state index contributed by atoms with van der Waals surface area (Å²) < 4.78 is 23.6. The van der Waals surface area contributed by atoms with Gasteiger partial charge in [-0.3, -0.25) is 4.79 Å². The van der Waals surface area contributed by atoms with Gasteiger partial charge in [-0.05, 0) is 43.0 Å². The Morgan fingerprint density at radius 2 is 1.73 bits per heavy atom. The fourth-order valence-electron chi connectivity index (χ4n) is 3.59. The maximum atomic E-state index is 13.2. The lowest BCUT2D eigenvalue weighted by atomic mass is 10.1. The van der Waals surface area contributed by atoms with Gasteiger partial charge >= 0.3 is 0 Å². The quantitative estimate of drug-likeness (QED) is 0.778. The summed E-state index contributed by atoms with van der Waals surface area (Å²) in [6.45, 7) is 0.649. The SMILES string of the molecule is CS(=O)(=O)c1cccc(C(=O)N(CCc2ccccc2)C2CCCC2)c1. The van der Waals surface area contributed by atoms with Gasteiger partial charge in [-0.1, -0.05) is 49.2 Å². The Hall–Kier alpha value is -2.14. The van der Waals surface area contributed by atoms with Crippen LogP contribution in [-0.4, -0.2) is 38.1 Å². The summed E-state index contributed by atoms with van der Waals surface area (Å²) in [5.74, 6) is -0.0710. The third-order valence-electron chi connectivity index (χ3n) is 5.02. The maximum Gasteiger partial charge on any atom is 0.254 e. The molecule has 4 nitrogen and oxygen atoms in total. The Balaban J connectivity index is 1.83. The van der Waals surface area contributed by atoms with E-state index in [0.717, 1.165) is 32.1 Å². The van der Waals surface area contributed by atoms with Crippen LogP contribution < -0.4 is 0 Å². The monoisotopic (exact) mass is 371 g/mol. The Kier molecular flexibility index (Phi) is 5.77. The van der Waals surface area contributed by atoms with Crippen LogP contribution in [0.1, 0.15) is 41.6 Å². The number of hydrogen-bond donors (Lipinski definition) is 0. The zero-order valence-corrected chi connectivity index (χ0v) is 15.9. The van der Waals surface area contributed by atoms with E-state index >= 15 is 0 Å². The molecule has 1 amide bonds. The third kappa shape index (κ3) is 4.52. The normalized spacial score (nSPS) is 15.1. The van der Waals surface area contributed by atoms with Crippen LogP contribution in [0.2, 0.25) is 0 Å². The molecule has 1 aliphatic rings. The van der Waals surface area contributed by atoms with Crippen LogP contribution in [-0.2, 0) is 16.3 Å². The van der Waals surface area contributed by atoms with Crippen molar-refractivity contribution >= 4 is 15.7 Å². The molecule has 1 fully saturated rings. The number of amides is 1. The van der Waals surface area contributed by atoms with Gasteiger partial charge in [0.15, 0.2) is 9.84 Å². The van der Waals surface area contributed by atoms with Gasteiger partial charge < -0.3 is 4.90 Å². The van der Waals surface area contributed by atoms with E-state index in [4.69, 9.17) is 0 Å². The maximum absolute atomic E-state index is 13.2. The molecule has 1 saturated carbocycles. The molecule has 0 unspecified atom stereocenters. The highest BCUT2D eigenvalue weighted by atomic mass is 32.2. The van der Waals surface area contributed by atoms with E-state index in [1.54, 1.807) is 12.1 Å². The average Bonchev–Trinajstić information content (AvgIpc) is 3.16. The van der Waals surface area contributed by atoms with Crippen LogP contribution in [0.5, 0.6) is 0 Å². The van der Waals surface area contributed by atoms with Crippen molar-refractivity contribution in [3.05, 3.63) is 65.7 Å². The highest BCUT2D eigenvalue weighted by Crippen LogP contribution is 2.26. The minimum Gasteiger partial charge on any atom is -0.335 e. The molecule has 0 saturated heterocycles. The van der Waals surface area contributed by atoms with E-state index in [1.165, 1.54) is 24.0 Å². The molecule has 0 bridgehead atoms. The van der Waals surface area contributed by atoms with Gasteiger partial charge in [0, 0.05) is 24.4 Å². The zero-order chi connectivity index (χ0) is 18.6. The molecule has 138 valence electrons. The zero-order valence-electron chi connectivity index (χ0n) is 15.1. The highest BCUT2D eigenvalue weighted by Gasteiger charge is 2.27. The van der Waals surface area contributed by atoms with E-state index in [-0.39, 0.29) is 16.8 Å². The Morgan fingerprint density at radius 3 is 2.38 bits per heavy atom. The predicted octanol–water partition coefficient (Wildman–Crippen LogP) is 3.72. The first-order valence-electron chi connectivity index (χ1n) is 9.10. The van der Waals surface area contributed by atoms with E-state index in [2.05, 4.69) is 12.1 Å². The van der Waals surface area contributed by atoms with Gasteiger partial charge in [0.25, 0.3) is 5.91 Å². The summed E-state index contributed by atoms with van der Waals surface area (Å²) in [5.41, 5.74) is 1.65. The first-order valence-corrected chi connectivity index (χ1v) is 11.0. The molecule has 2 aromatic rings. The van der Waals surface area contributed by atoms with Crippen molar-refractivity contribution in [1.29, 1.82) is 0 Å². The summed E-state index contributed by atoms with van der Waals surface area (Å²) >= 11 is 0. The first kappa shape index (κ1) is 18.6. The van der Waals surface area contributed by atoms with Crippen molar-refractivity contribution in [2.45, 2.75) is 43.0 Å². The molecule has 3 rings (SSSR count). The molecular formula is C21H25NO3S. The van der Waals surface area contributed by atoms with Crippen LogP contribution in [0.3, 0.4) is 0 Å². The van der Waals surface area contributed by atoms with Gasteiger partial charge in [0.2, 0.25) is 0 Å². The summed E-state index contributed by atoms with van der Waals surface area (Å²) in [7, 11) is -3.33. The standard InChI is InChI=1S/C21H25NO3S/c1-26(24,25)20-13-7-10-18(16-20)21(23)22(19-11-5-6-12-19)15-14-17-8-3-2-4-9-17/h2-4,7-10,13,16,19H,5-6,11-12,14-15H2,1H3. The summed E-state index contributed by atoms with van der Waals surface area (Å²) in [6.07, 6.45) is 6.29. The smallest absolute Gasteiger partial charge is 0.254 e.